The Bertz CT molecular complexity index is 520. The highest BCUT2D eigenvalue weighted by Gasteiger charge is 2.14. The largest absolute Gasteiger partial charge is 0.377 e. The van der Waals surface area contributed by atoms with Gasteiger partial charge >= 0.3 is 0 Å². The van der Waals surface area contributed by atoms with E-state index in [9.17, 15) is 0 Å². The molecule has 0 saturated heterocycles. The number of hydrogen-bond donors (Lipinski definition) is 1. The lowest BCUT2D eigenvalue weighted by Gasteiger charge is -2.21. The van der Waals surface area contributed by atoms with E-state index >= 15 is 0 Å². The number of ether oxygens (including phenoxy) is 1. The number of likely N-dealkylation sites (N-methyl/N-ethyl adjacent to an activating group) is 1. The van der Waals surface area contributed by atoms with Crippen LogP contribution in [0.3, 0.4) is 0 Å². The van der Waals surface area contributed by atoms with Crippen LogP contribution in [0.2, 0.25) is 0 Å². The fourth-order valence-corrected chi connectivity index (χ4v) is 2.21. The zero-order chi connectivity index (χ0) is 13.7. The molecule has 0 aliphatic rings. The van der Waals surface area contributed by atoms with Gasteiger partial charge in [0.1, 0.15) is 0 Å². The van der Waals surface area contributed by atoms with E-state index in [1.165, 1.54) is 16.3 Å². The first-order valence-corrected chi connectivity index (χ1v) is 6.90. The van der Waals surface area contributed by atoms with E-state index in [0.29, 0.717) is 6.61 Å². The molecule has 102 valence electrons. The zero-order valence-electron chi connectivity index (χ0n) is 11.9. The van der Waals surface area contributed by atoms with Crippen molar-refractivity contribution < 1.29 is 4.74 Å². The minimum absolute atomic E-state index is 0.186. The lowest BCUT2D eigenvalue weighted by atomic mass is 10.0. The maximum absolute atomic E-state index is 5.77. The molecule has 0 radical (unpaired) electrons. The van der Waals surface area contributed by atoms with E-state index in [1.807, 2.05) is 18.5 Å². The van der Waals surface area contributed by atoms with Crippen molar-refractivity contribution in [3.8, 4) is 0 Å². The molecule has 1 aromatic heterocycles. The normalized spacial score (nSPS) is 13.1. The Morgan fingerprint density at radius 1 is 1.21 bits per heavy atom. The van der Waals surface area contributed by atoms with Gasteiger partial charge in [0, 0.05) is 17.8 Å². The van der Waals surface area contributed by atoms with Crippen LogP contribution in [-0.4, -0.2) is 24.2 Å². The summed E-state index contributed by atoms with van der Waals surface area (Å²) in [5, 5.41) is 5.90. The Kier molecular flexibility index (Phi) is 4.88. The predicted molar refractivity (Wildman–Crippen MR) is 79.2 cm³/mol. The molecule has 1 unspecified atom stereocenters. The summed E-state index contributed by atoms with van der Waals surface area (Å²) in [7, 11) is 0. The molecule has 1 aromatic carbocycles. The van der Waals surface area contributed by atoms with Crippen LogP contribution in [0, 0.1) is 0 Å². The van der Waals surface area contributed by atoms with Crippen molar-refractivity contribution in [1.29, 1.82) is 0 Å². The molecule has 0 spiro atoms. The van der Waals surface area contributed by atoms with E-state index in [1.54, 1.807) is 0 Å². The summed E-state index contributed by atoms with van der Waals surface area (Å²) in [5.41, 5.74) is 1.21. The minimum Gasteiger partial charge on any atom is -0.377 e. The summed E-state index contributed by atoms with van der Waals surface area (Å²) in [5.74, 6) is 0. The molecule has 19 heavy (non-hydrogen) atoms. The summed E-state index contributed by atoms with van der Waals surface area (Å²) >= 11 is 0. The monoisotopic (exact) mass is 258 g/mol. The van der Waals surface area contributed by atoms with Crippen LogP contribution in [0.1, 0.15) is 32.4 Å². The Hall–Kier alpha value is -1.45. The zero-order valence-corrected chi connectivity index (χ0v) is 11.9. The predicted octanol–water partition coefficient (Wildman–Crippen LogP) is 3.31. The minimum atomic E-state index is 0.186. The molecule has 1 atom stereocenters. The van der Waals surface area contributed by atoms with Crippen LogP contribution in [0.15, 0.2) is 36.7 Å². The Morgan fingerprint density at radius 2 is 2.00 bits per heavy atom. The molecule has 0 saturated carbocycles. The topological polar surface area (TPSA) is 34.1 Å². The van der Waals surface area contributed by atoms with E-state index in [0.717, 1.165) is 6.54 Å². The number of pyridine rings is 1. The molecular formula is C16H22N2O. The second-order valence-electron chi connectivity index (χ2n) is 4.94. The van der Waals surface area contributed by atoms with Gasteiger partial charge < -0.3 is 10.1 Å². The lowest BCUT2D eigenvalue weighted by molar-refractivity contribution is 0.0616. The number of nitrogens with zero attached hydrogens (tertiary/aromatic N) is 1. The van der Waals surface area contributed by atoms with Gasteiger partial charge in [-0.2, -0.15) is 0 Å². The van der Waals surface area contributed by atoms with E-state index in [-0.39, 0.29) is 12.1 Å². The number of nitrogens with one attached hydrogen (secondary N) is 1. The molecule has 3 heteroatoms. The highest BCUT2D eigenvalue weighted by atomic mass is 16.5. The van der Waals surface area contributed by atoms with E-state index in [2.05, 4.69) is 49.3 Å². The van der Waals surface area contributed by atoms with Gasteiger partial charge in [0.25, 0.3) is 0 Å². The maximum atomic E-state index is 5.77. The van der Waals surface area contributed by atoms with E-state index in [4.69, 9.17) is 4.74 Å². The van der Waals surface area contributed by atoms with Crippen molar-refractivity contribution in [1.82, 2.24) is 10.3 Å². The summed E-state index contributed by atoms with van der Waals surface area (Å²) < 4.78 is 5.77. The van der Waals surface area contributed by atoms with Crippen LogP contribution in [0.25, 0.3) is 10.8 Å². The first kappa shape index (κ1) is 14.0. The molecule has 1 N–H and O–H groups in total. The van der Waals surface area contributed by atoms with Gasteiger partial charge in [-0.1, -0.05) is 31.2 Å². The number of aromatic nitrogens is 1. The summed E-state index contributed by atoms with van der Waals surface area (Å²) in [4.78, 5) is 4.35. The van der Waals surface area contributed by atoms with Gasteiger partial charge in [0.15, 0.2) is 0 Å². The highest BCUT2D eigenvalue weighted by molar-refractivity contribution is 5.85. The summed E-state index contributed by atoms with van der Waals surface area (Å²) in [6, 6.07) is 8.54. The number of benzene rings is 1. The van der Waals surface area contributed by atoms with Crippen LogP contribution >= 0.6 is 0 Å². The average molecular weight is 258 g/mol. The second kappa shape index (κ2) is 6.64. The van der Waals surface area contributed by atoms with Crippen molar-refractivity contribution in [3.05, 3.63) is 42.2 Å². The molecule has 2 aromatic rings. The smallest absolute Gasteiger partial charge is 0.0665 e. The fourth-order valence-electron chi connectivity index (χ4n) is 2.21. The molecule has 0 bridgehead atoms. The van der Waals surface area contributed by atoms with Crippen molar-refractivity contribution in [2.75, 3.05) is 13.2 Å². The van der Waals surface area contributed by atoms with Crippen molar-refractivity contribution in [2.24, 2.45) is 0 Å². The third kappa shape index (κ3) is 3.52. The molecular weight excluding hydrogens is 236 g/mol. The first-order valence-electron chi connectivity index (χ1n) is 6.90. The molecule has 1 heterocycles. The highest BCUT2D eigenvalue weighted by Crippen LogP contribution is 2.23. The number of rotatable bonds is 6. The summed E-state index contributed by atoms with van der Waals surface area (Å²) in [6.07, 6.45) is 4.09. The van der Waals surface area contributed by atoms with Gasteiger partial charge in [0.2, 0.25) is 0 Å². The van der Waals surface area contributed by atoms with Gasteiger partial charge in [-0.3, -0.25) is 4.98 Å². The van der Waals surface area contributed by atoms with Crippen molar-refractivity contribution in [2.45, 2.75) is 32.9 Å². The second-order valence-corrected chi connectivity index (χ2v) is 4.94. The Morgan fingerprint density at radius 3 is 2.74 bits per heavy atom. The maximum Gasteiger partial charge on any atom is 0.0665 e. The van der Waals surface area contributed by atoms with Crippen molar-refractivity contribution in [3.63, 3.8) is 0 Å². The van der Waals surface area contributed by atoms with Crippen LogP contribution < -0.4 is 5.32 Å². The van der Waals surface area contributed by atoms with Gasteiger partial charge in [-0.15, -0.1) is 0 Å². The third-order valence-electron chi connectivity index (χ3n) is 3.12. The molecule has 0 aliphatic carbocycles. The third-order valence-corrected chi connectivity index (χ3v) is 3.12. The quantitative estimate of drug-likeness (QED) is 0.863. The molecule has 0 aliphatic heterocycles. The van der Waals surface area contributed by atoms with Crippen LogP contribution in [0.5, 0.6) is 0 Å². The van der Waals surface area contributed by atoms with Gasteiger partial charge in [-0.05, 0) is 31.3 Å². The van der Waals surface area contributed by atoms with Gasteiger partial charge in [0.05, 0.1) is 18.8 Å². The Labute approximate surface area is 115 Å². The molecule has 2 rings (SSSR count). The summed E-state index contributed by atoms with van der Waals surface area (Å²) in [6.45, 7) is 7.81. The van der Waals surface area contributed by atoms with Crippen LogP contribution in [-0.2, 0) is 4.74 Å². The fraction of sp³-hybridized carbons (Fsp3) is 0.438. The number of hydrogen-bond acceptors (Lipinski definition) is 3. The molecule has 0 fully saturated rings. The lowest BCUT2D eigenvalue weighted by Crippen LogP contribution is -2.27. The van der Waals surface area contributed by atoms with Gasteiger partial charge in [-0.25, -0.2) is 0 Å². The number of fused-ring (bicyclic) bond motifs is 1. The Balaban J connectivity index is 2.32. The van der Waals surface area contributed by atoms with Crippen LogP contribution in [0.4, 0.5) is 0 Å². The molecule has 0 amide bonds. The first-order chi connectivity index (χ1) is 9.22. The standard InChI is InChI=1S/C16H22N2O/c1-4-18-16(11-19-12(2)3)15-10-17-9-13-7-5-6-8-14(13)15/h5-10,12,16,18H,4,11H2,1-3H3. The van der Waals surface area contributed by atoms with Crippen molar-refractivity contribution >= 4 is 10.8 Å². The average Bonchev–Trinajstić information content (AvgIpc) is 2.43. The van der Waals surface area contributed by atoms with E-state index < -0.39 is 0 Å². The SMILES string of the molecule is CCNC(COC(C)C)c1cncc2ccccc12. The molecule has 3 nitrogen and oxygen atoms in total.